The van der Waals surface area contributed by atoms with Crippen molar-refractivity contribution >= 4 is 29.0 Å². The van der Waals surface area contributed by atoms with Gasteiger partial charge in [0.2, 0.25) is 17.6 Å². The Morgan fingerprint density at radius 1 is 1.28 bits per heavy atom. The zero-order valence-electron chi connectivity index (χ0n) is 13.1. The molecule has 1 aromatic heterocycles. The Bertz CT molecular complexity index is 728. The van der Waals surface area contributed by atoms with E-state index < -0.39 is 16.4 Å². The molecule has 0 saturated carbocycles. The molecule has 0 aliphatic carbocycles. The third kappa shape index (κ3) is 5.22. The predicted octanol–water partition coefficient (Wildman–Crippen LogP) is 1.27. The number of aliphatic hydroxyl groups is 1. The van der Waals surface area contributed by atoms with Gasteiger partial charge in [0.05, 0.1) is 24.7 Å². The van der Waals surface area contributed by atoms with Crippen molar-refractivity contribution in [2.45, 2.75) is 0 Å². The molecule has 0 amide bonds. The molecule has 2 aromatic rings. The monoisotopic (exact) mass is 352 g/mol. The van der Waals surface area contributed by atoms with Gasteiger partial charge in [0, 0.05) is 12.2 Å². The summed E-state index contributed by atoms with van der Waals surface area (Å²) in [6, 6.07) is 5.23. The third-order valence-corrected chi connectivity index (χ3v) is 2.97. The van der Waals surface area contributed by atoms with Crippen molar-refractivity contribution in [3.63, 3.8) is 0 Å². The van der Waals surface area contributed by atoms with Gasteiger partial charge in [-0.1, -0.05) is 0 Å². The van der Waals surface area contributed by atoms with Crippen LogP contribution in [0.3, 0.4) is 0 Å². The molecule has 0 saturated heterocycles. The third-order valence-electron chi connectivity index (χ3n) is 2.97. The van der Waals surface area contributed by atoms with Crippen molar-refractivity contribution < 1.29 is 19.2 Å². The summed E-state index contributed by atoms with van der Waals surface area (Å²) in [4.78, 5) is 18.4. The summed E-state index contributed by atoms with van der Waals surface area (Å²) in [7, 11) is 0. The summed E-state index contributed by atoms with van der Waals surface area (Å²) in [6.45, 7) is 0.698. The van der Waals surface area contributed by atoms with Crippen molar-refractivity contribution in [3.05, 3.63) is 40.2 Å². The molecule has 5 N–H and O–H groups in total. The number of rotatable bonds is 9. The Balaban J connectivity index is 2.19. The Kier molecular flexibility index (Phi) is 6.37. The van der Waals surface area contributed by atoms with E-state index in [0.29, 0.717) is 12.2 Å². The van der Waals surface area contributed by atoms with E-state index in [1.807, 2.05) is 0 Å². The number of hydrogen-bond acceptors (Lipinski definition) is 9. The molecule has 0 unspecified atom stereocenters. The quantitative estimate of drug-likeness (QED) is 0.297. The number of hydrogen-bond donors (Lipinski definition) is 4. The fourth-order valence-corrected chi connectivity index (χ4v) is 1.89. The molecule has 0 radical (unpaired) electrons. The highest BCUT2D eigenvalue weighted by Gasteiger charge is 2.23. The number of anilines is 4. The van der Waals surface area contributed by atoms with E-state index in [9.17, 15) is 14.5 Å². The summed E-state index contributed by atoms with van der Waals surface area (Å²) >= 11 is 0. The SMILES string of the molecule is Nc1nc(NCCOCCO)nc(Nc2ccc(F)cc2)c1[N+](=O)[O-]. The highest BCUT2D eigenvalue weighted by Crippen LogP contribution is 2.31. The largest absolute Gasteiger partial charge is 0.394 e. The van der Waals surface area contributed by atoms with Crippen LogP contribution in [0.1, 0.15) is 0 Å². The first-order valence-corrected chi connectivity index (χ1v) is 7.28. The van der Waals surface area contributed by atoms with Gasteiger partial charge in [-0.2, -0.15) is 9.97 Å². The van der Waals surface area contributed by atoms with Gasteiger partial charge >= 0.3 is 5.69 Å². The van der Waals surface area contributed by atoms with E-state index >= 15 is 0 Å². The van der Waals surface area contributed by atoms with Crippen LogP contribution in [-0.4, -0.2) is 46.4 Å². The Morgan fingerprint density at radius 2 is 2.00 bits per heavy atom. The first-order chi connectivity index (χ1) is 12.0. The first kappa shape index (κ1) is 18.3. The van der Waals surface area contributed by atoms with Gasteiger partial charge < -0.3 is 26.2 Å². The number of nitrogens with zero attached hydrogens (tertiary/aromatic N) is 3. The Morgan fingerprint density at radius 3 is 2.64 bits per heavy atom. The molecule has 0 aliphatic rings. The summed E-state index contributed by atoms with van der Waals surface area (Å²) < 4.78 is 18.0. The number of aromatic nitrogens is 2. The summed E-state index contributed by atoms with van der Waals surface area (Å²) in [5.41, 5.74) is 5.58. The normalized spacial score (nSPS) is 10.5. The maximum absolute atomic E-state index is 13.0. The van der Waals surface area contributed by atoms with E-state index in [4.69, 9.17) is 15.6 Å². The number of halogens is 1. The number of nitro groups is 1. The molecular formula is C14H17FN6O4. The number of nitrogens with one attached hydrogen (secondary N) is 2. The smallest absolute Gasteiger partial charge is 0.353 e. The molecule has 0 fully saturated rings. The highest BCUT2D eigenvalue weighted by atomic mass is 19.1. The van der Waals surface area contributed by atoms with Crippen molar-refractivity contribution in [3.8, 4) is 0 Å². The zero-order valence-corrected chi connectivity index (χ0v) is 13.1. The van der Waals surface area contributed by atoms with E-state index in [2.05, 4.69) is 20.6 Å². The van der Waals surface area contributed by atoms with Crippen LogP contribution in [0.15, 0.2) is 24.3 Å². The minimum absolute atomic E-state index is 0.0697. The van der Waals surface area contributed by atoms with Crippen LogP contribution in [0.25, 0.3) is 0 Å². The van der Waals surface area contributed by atoms with Crippen molar-refractivity contribution in [1.82, 2.24) is 9.97 Å². The lowest BCUT2D eigenvalue weighted by Gasteiger charge is -2.10. The van der Waals surface area contributed by atoms with Gasteiger partial charge in [-0.05, 0) is 24.3 Å². The van der Waals surface area contributed by atoms with Gasteiger partial charge in [-0.15, -0.1) is 0 Å². The van der Waals surface area contributed by atoms with E-state index in [-0.39, 0.29) is 37.4 Å². The lowest BCUT2D eigenvalue weighted by molar-refractivity contribution is -0.383. The van der Waals surface area contributed by atoms with Gasteiger partial charge in [0.15, 0.2) is 0 Å². The standard InChI is InChI=1S/C14H17FN6O4/c15-9-1-3-10(4-2-9)18-13-11(21(23)24)12(16)19-14(20-13)17-5-7-25-8-6-22/h1-4,22H,5-8H2,(H4,16,17,18,19,20). The zero-order chi connectivity index (χ0) is 18.2. The number of nitrogens with two attached hydrogens (primary N) is 1. The maximum Gasteiger partial charge on any atom is 0.353 e. The van der Waals surface area contributed by atoms with Crippen LogP contribution in [-0.2, 0) is 4.74 Å². The fraction of sp³-hybridized carbons (Fsp3) is 0.286. The molecule has 10 nitrogen and oxygen atoms in total. The van der Waals surface area contributed by atoms with Gasteiger partial charge in [0.25, 0.3) is 0 Å². The molecule has 11 heteroatoms. The minimum atomic E-state index is -0.699. The Labute approximate surface area is 142 Å². The molecule has 0 bridgehead atoms. The fourth-order valence-electron chi connectivity index (χ4n) is 1.89. The van der Waals surface area contributed by atoms with E-state index in [0.717, 1.165) is 0 Å². The lowest BCUT2D eigenvalue weighted by Crippen LogP contribution is -2.15. The van der Waals surface area contributed by atoms with Crippen molar-refractivity contribution in [2.24, 2.45) is 0 Å². The average molecular weight is 352 g/mol. The van der Waals surface area contributed by atoms with Gasteiger partial charge in [-0.3, -0.25) is 10.1 Å². The van der Waals surface area contributed by atoms with Crippen LogP contribution < -0.4 is 16.4 Å². The first-order valence-electron chi connectivity index (χ1n) is 7.28. The second-order valence-electron chi connectivity index (χ2n) is 4.78. The van der Waals surface area contributed by atoms with Crippen LogP contribution in [0.4, 0.5) is 33.3 Å². The number of ether oxygens (including phenoxy) is 1. The van der Waals surface area contributed by atoms with E-state index in [1.165, 1.54) is 24.3 Å². The predicted molar refractivity (Wildman–Crippen MR) is 89.2 cm³/mol. The van der Waals surface area contributed by atoms with Crippen molar-refractivity contribution in [1.29, 1.82) is 0 Å². The van der Waals surface area contributed by atoms with Crippen LogP contribution in [0, 0.1) is 15.9 Å². The summed E-state index contributed by atoms with van der Waals surface area (Å²) in [6.07, 6.45) is 0. The number of aliphatic hydroxyl groups excluding tert-OH is 1. The topological polar surface area (TPSA) is 148 Å². The molecule has 0 aliphatic heterocycles. The van der Waals surface area contributed by atoms with Gasteiger partial charge in [0.1, 0.15) is 5.82 Å². The molecule has 1 aromatic carbocycles. The summed E-state index contributed by atoms with van der Waals surface area (Å²) in [5.74, 6) is -0.806. The molecule has 2 rings (SSSR count). The van der Waals surface area contributed by atoms with Crippen LogP contribution >= 0.6 is 0 Å². The number of benzene rings is 1. The highest BCUT2D eigenvalue weighted by molar-refractivity contribution is 5.74. The Hall–Kier alpha value is -3.05. The molecule has 25 heavy (non-hydrogen) atoms. The average Bonchev–Trinajstić information content (AvgIpc) is 2.56. The summed E-state index contributed by atoms with van der Waals surface area (Å²) in [5, 5.41) is 25.4. The van der Waals surface area contributed by atoms with Crippen LogP contribution in [0.5, 0.6) is 0 Å². The second-order valence-corrected chi connectivity index (χ2v) is 4.78. The molecule has 0 spiro atoms. The van der Waals surface area contributed by atoms with Gasteiger partial charge in [-0.25, -0.2) is 4.39 Å². The molecule has 0 atom stereocenters. The maximum atomic E-state index is 13.0. The molecule has 134 valence electrons. The molecule has 1 heterocycles. The number of nitrogen functional groups attached to an aromatic ring is 1. The lowest BCUT2D eigenvalue weighted by atomic mass is 10.3. The van der Waals surface area contributed by atoms with Crippen LogP contribution in [0.2, 0.25) is 0 Å². The van der Waals surface area contributed by atoms with E-state index in [1.54, 1.807) is 0 Å². The van der Waals surface area contributed by atoms with Crippen molar-refractivity contribution in [2.75, 3.05) is 42.7 Å². The second kappa shape index (κ2) is 8.70. The minimum Gasteiger partial charge on any atom is -0.394 e. The molecular weight excluding hydrogens is 335 g/mol.